The molecule has 0 amide bonds. The number of hydrogen-bond acceptors (Lipinski definition) is 8. The second-order valence-electron chi connectivity index (χ2n) is 7.02. The molecule has 10 nitrogen and oxygen atoms in total. The van der Waals surface area contributed by atoms with Gasteiger partial charge in [-0.3, -0.25) is 19.7 Å². The minimum absolute atomic E-state index is 0.0708. The summed E-state index contributed by atoms with van der Waals surface area (Å²) in [6.45, 7) is 7.51. The molecule has 0 saturated heterocycles. The number of nitrogens with zero attached hydrogens (tertiary/aromatic N) is 2. The largest absolute Gasteiger partial charge is 0.369 e. The number of nitrogens with one attached hydrogen (secondary N) is 4. The summed E-state index contributed by atoms with van der Waals surface area (Å²) in [5.41, 5.74) is 3.68. The molecule has 0 aromatic carbocycles. The van der Waals surface area contributed by atoms with E-state index in [4.69, 9.17) is 0 Å². The third kappa shape index (κ3) is 4.57. The molecule has 3 aromatic rings. The van der Waals surface area contributed by atoms with Gasteiger partial charge in [0.25, 0.3) is 11.1 Å². The van der Waals surface area contributed by atoms with Gasteiger partial charge in [-0.25, -0.2) is 0 Å². The van der Waals surface area contributed by atoms with Gasteiger partial charge in [0.05, 0.1) is 4.92 Å². The minimum Gasteiger partial charge on any atom is -0.359 e. The van der Waals surface area contributed by atoms with Gasteiger partial charge < -0.3 is 20.6 Å². The van der Waals surface area contributed by atoms with Crippen LogP contribution in [0.3, 0.4) is 0 Å². The average Bonchev–Trinajstić information content (AvgIpc) is 3.03. The molecule has 0 fully saturated rings. The Morgan fingerprint density at radius 1 is 0.967 bits per heavy atom. The summed E-state index contributed by atoms with van der Waals surface area (Å²) in [7, 11) is 0. The molecule has 0 atom stereocenters. The van der Waals surface area contributed by atoms with Gasteiger partial charge in [0.1, 0.15) is 0 Å². The van der Waals surface area contributed by atoms with Crippen LogP contribution in [-0.4, -0.2) is 19.9 Å². The van der Waals surface area contributed by atoms with Crippen LogP contribution in [0.2, 0.25) is 0 Å². The van der Waals surface area contributed by atoms with Gasteiger partial charge in [0.15, 0.2) is 5.13 Å². The lowest BCUT2D eigenvalue weighted by Crippen LogP contribution is -2.19. The molecular formula is C19H22N6O4S. The lowest BCUT2D eigenvalue weighted by Gasteiger charge is -2.07. The smallest absolute Gasteiger partial charge is 0.359 e. The second-order valence-corrected chi connectivity index (χ2v) is 8.00. The fourth-order valence-corrected chi connectivity index (χ4v) is 3.92. The molecule has 0 saturated carbocycles. The van der Waals surface area contributed by atoms with Gasteiger partial charge in [-0.1, -0.05) is 0 Å². The van der Waals surface area contributed by atoms with E-state index in [2.05, 4.69) is 25.6 Å². The normalized spacial score (nSPS) is 10.8. The van der Waals surface area contributed by atoms with Crippen LogP contribution in [0, 0.1) is 37.8 Å². The zero-order chi connectivity index (χ0) is 22.0. The van der Waals surface area contributed by atoms with Crippen molar-refractivity contribution in [1.29, 1.82) is 0 Å². The monoisotopic (exact) mass is 430 g/mol. The van der Waals surface area contributed by atoms with Crippen LogP contribution in [0.4, 0.5) is 16.0 Å². The number of aromatic nitrogens is 3. The van der Waals surface area contributed by atoms with Crippen LogP contribution in [-0.2, 0) is 13.1 Å². The molecule has 3 aromatic heterocycles. The molecule has 3 rings (SSSR count). The Morgan fingerprint density at radius 2 is 1.47 bits per heavy atom. The van der Waals surface area contributed by atoms with E-state index in [9.17, 15) is 19.7 Å². The molecule has 0 spiro atoms. The number of anilines is 2. The molecule has 3 heterocycles. The Hall–Kier alpha value is -3.47. The van der Waals surface area contributed by atoms with Crippen molar-refractivity contribution in [2.75, 3.05) is 10.6 Å². The Bertz CT molecular complexity index is 1230. The van der Waals surface area contributed by atoms with Crippen LogP contribution < -0.4 is 21.8 Å². The highest BCUT2D eigenvalue weighted by Crippen LogP contribution is 2.35. The number of H-pyrrole nitrogens is 2. The first-order valence-corrected chi connectivity index (χ1v) is 9.99. The second kappa shape index (κ2) is 8.49. The summed E-state index contributed by atoms with van der Waals surface area (Å²) >= 11 is 0.866. The predicted octanol–water partition coefficient (Wildman–Crippen LogP) is 2.89. The first-order chi connectivity index (χ1) is 14.2. The standard InChI is InChI=1S/C19H22N6O4S/c1-9-5-11(3)22-16(26)13(9)7-20-15-18(25(28)29)30-19(24-15)21-8-14-10(2)6-12(4)23-17(14)27/h5-6,20H,7-8H2,1-4H3,(H,21,24)(H,22,26)(H,23,27). The Kier molecular flexibility index (Phi) is 6.01. The van der Waals surface area contributed by atoms with E-state index in [0.29, 0.717) is 16.3 Å². The number of pyridine rings is 2. The van der Waals surface area contributed by atoms with Crippen LogP contribution in [0.25, 0.3) is 0 Å². The topological polar surface area (TPSA) is 146 Å². The Balaban J connectivity index is 1.80. The average molecular weight is 430 g/mol. The van der Waals surface area contributed by atoms with Crippen molar-refractivity contribution < 1.29 is 4.92 Å². The van der Waals surface area contributed by atoms with E-state index in [1.54, 1.807) is 13.8 Å². The molecule has 0 unspecified atom stereocenters. The van der Waals surface area contributed by atoms with Crippen molar-refractivity contribution in [3.63, 3.8) is 0 Å². The molecule has 11 heteroatoms. The maximum Gasteiger partial charge on any atom is 0.369 e. The zero-order valence-electron chi connectivity index (χ0n) is 17.0. The molecule has 30 heavy (non-hydrogen) atoms. The van der Waals surface area contributed by atoms with E-state index in [0.717, 1.165) is 33.9 Å². The molecule has 158 valence electrons. The van der Waals surface area contributed by atoms with Crippen LogP contribution in [0.1, 0.15) is 33.6 Å². The van der Waals surface area contributed by atoms with E-state index >= 15 is 0 Å². The highest BCUT2D eigenvalue weighted by atomic mass is 32.1. The van der Waals surface area contributed by atoms with E-state index in [1.165, 1.54) is 0 Å². The van der Waals surface area contributed by atoms with Gasteiger partial charge in [0.2, 0.25) is 5.82 Å². The lowest BCUT2D eigenvalue weighted by atomic mass is 10.1. The SMILES string of the molecule is Cc1cc(C)c(CNc2nc(NCc3c(C)cc(C)[nH]c3=O)c([N+](=O)[O-])s2)c(=O)[nH]1. The third-order valence-electron chi connectivity index (χ3n) is 4.61. The minimum atomic E-state index is -0.526. The van der Waals surface area contributed by atoms with Crippen LogP contribution >= 0.6 is 11.3 Å². The highest BCUT2D eigenvalue weighted by molar-refractivity contribution is 7.19. The maximum atomic E-state index is 12.2. The van der Waals surface area contributed by atoms with Gasteiger partial charge >= 0.3 is 5.00 Å². The van der Waals surface area contributed by atoms with Crippen molar-refractivity contribution in [2.45, 2.75) is 40.8 Å². The van der Waals surface area contributed by atoms with E-state index in [1.807, 2.05) is 26.0 Å². The quantitative estimate of drug-likeness (QED) is 0.333. The summed E-state index contributed by atoms with van der Waals surface area (Å²) in [5.74, 6) is 0.0708. The third-order valence-corrected chi connectivity index (χ3v) is 5.58. The summed E-state index contributed by atoms with van der Waals surface area (Å²) in [4.78, 5) is 44.9. The highest BCUT2D eigenvalue weighted by Gasteiger charge is 2.22. The first kappa shape index (κ1) is 21.2. The van der Waals surface area contributed by atoms with Gasteiger partial charge in [0, 0.05) is 35.6 Å². The van der Waals surface area contributed by atoms with Gasteiger partial charge in [-0.05, 0) is 62.3 Å². The Morgan fingerprint density at radius 3 is 1.93 bits per heavy atom. The number of aromatic amines is 2. The summed E-state index contributed by atoms with van der Waals surface area (Å²) in [6.07, 6.45) is 0. The number of nitro groups is 1. The van der Waals surface area contributed by atoms with Crippen molar-refractivity contribution in [3.05, 3.63) is 76.6 Å². The first-order valence-electron chi connectivity index (χ1n) is 9.17. The van der Waals surface area contributed by atoms with Gasteiger partial charge in [-0.2, -0.15) is 4.98 Å². The Labute approximate surface area is 175 Å². The number of thiazole rings is 1. The molecule has 0 bridgehead atoms. The fraction of sp³-hybridized carbons (Fsp3) is 0.316. The molecule has 0 aliphatic carbocycles. The predicted molar refractivity (Wildman–Crippen MR) is 116 cm³/mol. The fourth-order valence-electron chi connectivity index (χ4n) is 3.17. The summed E-state index contributed by atoms with van der Waals surface area (Å²) in [6, 6.07) is 3.69. The van der Waals surface area contributed by atoms with Crippen LogP contribution in [0.5, 0.6) is 0 Å². The zero-order valence-corrected chi connectivity index (χ0v) is 17.8. The molecular weight excluding hydrogens is 408 g/mol. The molecule has 0 aliphatic heterocycles. The number of aryl methyl sites for hydroxylation is 4. The van der Waals surface area contributed by atoms with E-state index in [-0.39, 0.29) is 35.0 Å². The van der Waals surface area contributed by atoms with Gasteiger partial charge in [-0.15, -0.1) is 0 Å². The summed E-state index contributed by atoms with van der Waals surface area (Å²) < 4.78 is 0. The maximum absolute atomic E-state index is 12.2. The van der Waals surface area contributed by atoms with E-state index < -0.39 is 4.92 Å². The molecule has 0 aliphatic rings. The number of rotatable bonds is 7. The molecule has 4 N–H and O–H groups in total. The van der Waals surface area contributed by atoms with Crippen molar-refractivity contribution in [1.82, 2.24) is 15.0 Å². The van der Waals surface area contributed by atoms with Crippen molar-refractivity contribution >= 4 is 27.3 Å². The number of hydrogen-bond donors (Lipinski definition) is 4. The summed E-state index contributed by atoms with van der Waals surface area (Å²) in [5, 5.41) is 17.4. The lowest BCUT2D eigenvalue weighted by molar-refractivity contribution is -0.379. The van der Waals surface area contributed by atoms with Crippen LogP contribution in [0.15, 0.2) is 21.7 Å². The molecule has 0 radical (unpaired) electrons. The van der Waals surface area contributed by atoms with Crippen molar-refractivity contribution in [2.24, 2.45) is 0 Å². The van der Waals surface area contributed by atoms with Crippen molar-refractivity contribution in [3.8, 4) is 0 Å².